The SMILES string of the molecule is CN=C(NCCCC(C)C)NCc1cnn(Cc2ccccc2)c1. The lowest BCUT2D eigenvalue weighted by atomic mass is 10.1. The van der Waals surface area contributed by atoms with Crippen LogP contribution in [0, 0.1) is 5.92 Å². The zero-order valence-electron chi connectivity index (χ0n) is 15.0. The lowest BCUT2D eigenvalue weighted by Gasteiger charge is -2.11. The van der Waals surface area contributed by atoms with Crippen LogP contribution in [0.5, 0.6) is 0 Å². The first kappa shape index (κ1) is 18.0. The Morgan fingerprint density at radius 2 is 1.96 bits per heavy atom. The van der Waals surface area contributed by atoms with Gasteiger partial charge in [0.05, 0.1) is 12.7 Å². The highest BCUT2D eigenvalue weighted by atomic mass is 15.3. The van der Waals surface area contributed by atoms with Crippen molar-refractivity contribution in [1.29, 1.82) is 0 Å². The van der Waals surface area contributed by atoms with Gasteiger partial charge in [0.15, 0.2) is 5.96 Å². The highest BCUT2D eigenvalue weighted by molar-refractivity contribution is 5.79. The number of guanidine groups is 1. The topological polar surface area (TPSA) is 54.2 Å². The number of hydrogen-bond donors (Lipinski definition) is 2. The third kappa shape index (κ3) is 6.44. The summed E-state index contributed by atoms with van der Waals surface area (Å²) in [6, 6.07) is 10.4. The van der Waals surface area contributed by atoms with Gasteiger partial charge in [-0.3, -0.25) is 9.67 Å². The molecule has 0 radical (unpaired) electrons. The van der Waals surface area contributed by atoms with Crippen LogP contribution in [0.15, 0.2) is 47.7 Å². The number of aromatic nitrogens is 2. The highest BCUT2D eigenvalue weighted by Gasteiger charge is 2.02. The Labute approximate surface area is 145 Å². The van der Waals surface area contributed by atoms with Crippen molar-refractivity contribution in [3.63, 3.8) is 0 Å². The zero-order valence-corrected chi connectivity index (χ0v) is 15.0. The molecule has 0 fully saturated rings. The Hall–Kier alpha value is -2.30. The van der Waals surface area contributed by atoms with Gasteiger partial charge >= 0.3 is 0 Å². The number of hydrogen-bond acceptors (Lipinski definition) is 2. The molecule has 2 N–H and O–H groups in total. The van der Waals surface area contributed by atoms with Gasteiger partial charge in [0, 0.05) is 31.9 Å². The van der Waals surface area contributed by atoms with E-state index in [0.717, 1.165) is 43.5 Å². The molecule has 1 aromatic carbocycles. The van der Waals surface area contributed by atoms with Crippen LogP contribution in [0.3, 0.4) is 0 Å². The van der Waals surface area contributed by atoms with E-state index in [9.17, 15) is 0 Å². The van der Waals surface area contributed by atoms with E-state index in [1.165, 1.54) is 12.0 Å². The lowest BCUT2D eigenvalue weighted by Crippen LogP contribution is -2.37. The van der Waals surface area contributed by atoms with Crippen LogP contribution in [-0.2, 0) is 13.1 Å². The van der Waals surface area contributed by atoms with Gasteiger partial charge in [-0.25, -0.2) is 0 Å². The fourth-order valence-electron chi connectivity index (χ4n) is 2.48. The molecule has 5 nitrogen and oxygen atoms in total. The summed E-state index contributed by atoms with van der Waals surface area (Å²) in [6.07, 6.45) is 6.37. The average molecular weight is 327 g/mol. The molecule has 1 heterocycles. The van der Waals surface area contributed by atoms with Crippen LogP contribution < -0.4 is 10.6 Å². The first-order valence-corrected chi connectivity index (χ1v) is 8.67. The number of aliphatic imine (C=N–C) groups is 1. The maximum atomic E-state index is 4.43. The molecule has 2 rings (SSSR count). The third-order valence-electron chi connectivity index (χ3n) is 3.81. The van der Waals surface area contributed by atoms with E-state index in [2.05, 4.69) is 65.0 Å². The standard InChI is InChI=1S/C19H29N5/c1-16(2)8-7-11-21-19(20-3)22-12-18-13-23-24(15-18)14-17-9-5-4-6-10-17/h4-6,9-10,13,15-16H,7-8,11-12,14H2,1-3H3,(H2,20,21,22). The maximum Gasteiger partial charge on any atom is 0.191 e. The van der Waals surface area contributed by atoms with Crippen molar-refractivity contribution < 1.29 is 0 Å². The Balaban J connectivity index is 1.75. The second-order valence-corrected chi connectivity index (χ2v) is 6.42. The largest absolute Gasteiger partial charge is 0.356 e. The molecule has 0 atom stereocenters. The number of rotatable bonds is 8. The quantitative estimate of drug-likeness (QED) is 0.445. The van der Waals surface area contributed by atoms with E-state index in [-0.39, 0.29) is 0 Å². The maximum absolute atomic E-state index is 4.43. The molecule has 1 aromatic heterocycles. The summed E-state index contributed by atoms with van der Waals surface area (Å²) in [5, 5.41) is 11.1. The Kier molecular flexibility index (Phi) is 7.33. The second kappa shape index (κ2) is 9.75. The van der Waals surface area contributed by atoms with Crippen LogP contribution in [0.2, 0.25) is 0 Å². The number of benzene rings is 1. The monoisotopic (exact) mass is 327 g/mol. The summed E-state index contributed by atoms with van der Waals surface area (Å²) < 4.78 is 1.96. The summed E-state index contributed by atoms with van der Waals surface area (Å²) in [7, 11) is 1.80. The van der Waals surface area contributed by atoms with Crippen molar-refractivity contribution in [1.82, 2.24) is 20.4 Å². The molecule has 0 amide bonds. The van der Waals surface area contributed by atoms with Crippen LogP contribution in [-0.4, -0.2) is 29.3 Å². The van der Waals surface area contributed by atoms with Gasteiger partial charge in [0.25, 0.3) is 0 Å². The Morgan fingerprint density at radius 3 is 2.67 bits per heavy atom. The van der Waals surface area contributed by atoms with Crippen molar-refractivity contribution >= 4 is 5.96 Å². The normalized spacial score (nSPS) is 11.8. The van der Waals surface area contributed by atoms with E-state index in [1.54, 1.807) is 7.05 Å². The molecule has 0 aliphatic heterocycles. The highest BCUT2D eigenvalue weighted by Crippen LogP contribution is 2.04. The predicted molar refractivity (Wildman–Crippen MR) is 100 cm³/mol. The van der Waals surface area contributed by atoms with Crippen LogP contribution in [0.25, 0.3) is 0 Å². The van der Waals surface area contributed by atoms with E-state index >= 15 is 0 Å². The predicted octanol–water partition coefficient (Wildman–Crippen LogP) is 3.03. The third-order valence-corrected chi connectivity index (χ3v) is 3.81. The van der Waals surface area contributed by atoms with Crippen molar-refractivity contribution in [3.05, 3.63) is 53.9 Å². The lowest BCUT2D eigenvalue weighted by molar-refractivity contribution is 0.549. The molecule has 0 saturated heterocycles. The van der Waals surface area contributed by atoms with Crippen LogP contribution >= 0.6 is 0 Å². The van der Waals surface area contributed by atoms with E-state index in [0.29, 0.717) is 0 Å². The summed E-state index contributed by atoms with van der Waals surface area (Å²) in [6.45, 7) is 6.97. The average Bonchev–Trinajstić information content (AvgIpc) is 3.02. The van der Waals surface area contributed by atoms with Gasteiger partial charge in [-0.05, 0) is 24.3 Å². The van der Waals surface area contributed by atoms with E-state index in [1.807, 2.05) is 16.9 Å². The molecule has 0 saturated carbocycles. The van der Waals surface area contributed by atoms with Gasteiger partial charge in [0.1, 0.15) is 0 Å². The molecular formula is C19H29N5. The first-order chi connectivity index (χ1) is 11.7. The minimum atomic E-state index is 0.721. The molecular weight excluding hydrogens is 298 g/mol. The minimum Gasteiger partial charge on any atom is -0.356 e. The fraction of sp³-hybridized carbons (Fsp3) is 0.474. The molecule has 2 aromatic rings. The summed E-state index contributed by atoms with van der Waals surface area (Å²) in [4.78, 5) is 4.26. The molecule has 0 unspecified atom stereocenters. The molecule has 0 bridgehead atoms. The molecule has 130 valence electrons. The fourth-order valence-corrected chi connectivity index (χ4v) is 2.48. The van der Waals surface area contributed by atoms with E-state index < -0.39 is 0 Å². The van der Waals surface area contributed by atoms with Crippen molar-refractivity contribution in [2.45, 2.75) is 39.8 Å². The Bertz CT molecular complexity index is 616. The zero-order chi connectivity index (χ0) is 17.2. The molecule has 24 heavy (non-hydrogen) atoms. The van der Waals surface area contributed by atoms with Crippen LogP contribution in [0.4, 0.5) is 0 Å². The molecule has 0 aliphatic rings. The van der Waals surface area contributed by atoms with Gasteiger partial charge < -0.3 is 10.6 Å². The number of nitrogens with zero attached hydrogens (tertiary/aromatic N) is 3. The summed E-state index contributed by atoms with van der Waals surface area (Å²) in [5.41, 5.74) is 2.40. The van der Waals surface area contributed by atoms with Gasteiger partial charge in [-0.2, -0.15) is 5.10 Å². The van der Waals surface area contributed by atoms with Crippen LogP contribution in [0.1, 0.15) is 37.8 Å². The van der Waals surface area contributed by atoms with Crippen molar-refractivity contribution in [3.8, 4) is 0 Å². The molecule has 5 heteroatoms. The molecule has 0 spiro atoms. The van der Waals surface area contributed by atoms with Gasteiger partial charge in [0.2, 0.25) is 0 Å². The summed E-state index contributed by atoms with van der Waals surface area (Å²) >= 11 is 0. The van der Waals surface area contributed by atoms with Crippen molar-refractivity contribution in [2.75, 3.05) is 13.6 Å². The number of nitrogens with one attached hydrogen (secondary N) is 2. The minimum absolute atomic E-state index is 0.721. The van der Waals surface area contributed by atoms with E-state index in [4.69, 9.17) is 0 Å². The smallest absolute Gasteiger partial charge is 0.191 e. The molecule has 0 aliphatic carbocycles. The summed E-state index contributed by atoms with van der Waals surface area (Å²) in [5.74, 6) is 1.59. The Morgan fingerprint density at radius 1 is 1.17 bits per heavy atom. The van der Waals surface area contributed by atoms with Crippen molar-refractivity contribution in [2.24, 2.45) is 10.9 Å². The van der Waals surface area contributed by atoms with Gasteiger partial charge in [-0.15, -0.1) is 0 Å². The first-order valence-electron chi connectivity index (χ1n) is 8.67. The second-order valence-electron chi connectivity index (χ2n) is 6.42. The van der Waals surface area contributed by atoms with Gasteiger partial charge in [-0.1, -0.05) is 44.2 Å².